The summed E-state index contributed by atoms with van der Waals surface area (Å²) in [5, 5.41) is 0.945. The van der Waals surface area contributed by atoms with Crippen LogP contribution < -0.4 is 4.90 Å². The minimum absolute atomic E-state index is 0.178. The van der Waals surface area contributed by atoms with Crippen LogP contribution in [0.2, 0.25) is 5.02 Å². The number of rotatable bonds is 3. The molecule has 0 bridgehead atoms. The minimum Gasteiger partial charge on any atom is -0.351 e. The highest BCUT2D eigenvalue weighted by Crippen LogP contribution is 2.36. The SMILES string of the molecule is C#CC1CN(c2ncnc3cc(-c4ccc(F)cc4F)c(Cl)cc23)CCN1C(=O)C=C. The number of hydrogen-bond acceptors (Lipinski definition) is 4. The molecule has 1 aromatic heterocycles. The van der Waals surface area contributed by atoms with Crippen LogP contribution in [-0.2, 0) is 4.79 Å². The molecule has 4 rings (SSSR count). The summed E-state index contributed by atoms with van der Waals surface area (Å²) in [7, 11) is 0. The van der Waals surface area contributed by atoms with Gasteiger partial charge in [-0.25, -0.2) is 18.7 Å². The Kier molecular flexibility index (Phi) is 5.57. The Morgan fingerprint density at radius 3 is 2.74 bits per heavy atom. The Balaban J connectivity index is 1.74. The van der Waals surface area contributed by atoms with Crippen LogP contribution in [0.5, 0.6) is 0 Å². The number of halogens is 3. The van der Waals surface area contributed by atoms with Crippen molar-refractivity contribution in [1.82, 2.24) is 14.9 Å². The molecular weight excluding hydrogens is 422 g/mol. The normalized spacial score (nSPS) is 16.3. The zero-order valence-corrected chi connectivity index (χ0v) is 17.1. The quantitative estimate of drug-likeness (QED) is 0.457. The molecule has 5 nitrogen and oxygen atoms in total. The van der Waals surface area contributed by atoms with Crippen molar-refractivity contribution in [3.8, 4) is 23.5 Å². The van der Waals surface area contributed by atoms with Crippen LogP contribution in [0.25, 0.3) is 22.0 Å². The lowest BCUT2D eigenvalue weighted by Gasteiger charge is -2.39. The van der Waals surface area contributed by atoms with Gasteiger partial charge in [0.1, 0.15) is 29.8 Å². The summed E-state index contributed by atoms with van der Waals surface area (Å²) in [6, 6.07) is 6.20. The molecule has 2 heterocycles. The summed E-state index contributed by atoms with van der Waals surface area (Å²) in [6.45, 7) is 4.83. The van der Waals surface area contributed by atoms with Crippen LogP contribution in [0.1, 0.15) is 0 Å². The van der Waals surface area contributed by atoms with Gasteiger partial charge < -0.3 is 9.80 Å². The van der Waals surface area contributed by atoms with Gasteiger partial charge in [-0.1, -0.05) is 24.1 Å². The lowest BCUT2D eigenvalue weighted by molar-refractivity contribution is -0.127. The van der Waals surface area contributed by atoms with Crippen molar-refractivity contribution in [2.75, 3.05) is 24.5 Å². The van der Waals surface area contributed by atoms with E-state index in [0.29, 0.717) is 41.9 Å². The van der Waals surface area contributed by atoms with Crippen LogP contribution in [0.4, 0.5) is 14.6 Å². The minimum atomic E-state index is -0.713. The van der Waals surface area contributed by atoms with Crippen LogP contribution in [0.15, 0.2) is 49.3 Å². The molecule has 31 heavy (non-hydrogen) atoms. The van der Waals surface area contributed by atoms with Gasteiger partial charge in [0.25, 0.3) is 0 Å². The Morgan fingerprint density at radius 1 is 1.23 bits per heavy atom. The maximum absolute atomic E-state index is 14.3. The molecular formula is C23H17ClF2N4O. The lowest BCUT2D eigenvalue weighted by Crippen LogP contribution is -2.54. The Labute approximate surface area is 183 Å². The largest absolute Gasteiger partial charge is 0.351 e. The predicted octanol–water partition coefficient (Wildman–Crippen LogP) is 4.06. The van der Waals surface area contributed by atoms with Crippen molar-refractivity contribution >= 4 is 34.2 Å². The maximum Gasteiger partial charge on any atom is 0.247 e. The summed E-state index contributed by atoms with van der Waals surface area (Å²) >= 11 is 6.47. The van der Waals surface area contributed by atoms with Gasteiger partial charge in [-0.3, -0.25) is 4.79 Å². The molecule has 0 spiro atoms. The first-order chi connectivity index (χ1) is 14.9. The van der Waals surface area contributed by atoms with Crippen molar-refractivity contribution in [2.45, 2.75) is 6.04 Å². The molecule has 8 heteroatoms. The van der Waals surface area contributed by atoms with E-state index < -0.39 is 17.7 Å². The topological polar surface area (TPSA) is 49.3 Å². The van der Waals surface area contributed by atoms with Crippen LogP contribution in [0.3, 0.4) is 0 Å². The molecule has 1 unspecified atom stereocenters. The fourth-order valence-corrected chi connectivity index (χ4v) is 3.99. The average molecular weight is 439 g/mol. The molecule has 3 aromatic rings. The first kappa shape index (κ1) is 20.8. The number of aromatic nitrogens is 2. The average Bonchev–Trinajstić information content (AvgIpc) is 2.77. The summed E-state index contributed by atoms with van der Waals surface area (Å²) < 4.78 is 27.6. The fourth-order valence-electron chi connectivity index (χ4n) is 3.73. The number of terminal acetylenes is 1. The van der Waals surface area contributed by atoms with Gasteiger partial charge in [-0.05, 0) is 30.3 Å². The van der Waals surface area contributed by atoms with E-state index in [0.717, 1.165) is 6.07 Å². The maximum atomic E-state index is 14.3. The predicted molar refractivity (Wildman–Crippen MR) is 117 cm³/mol. The first-order valence-corrected chi connectivity index (χ1v) is 9.84. The van der Waals surface area contributed by atoms with E-state index in [9.17, 15) is 13.6 Å². The summed E-state index contributed by atoms with van der Waals surface area (Å²) in [6.07, 6.45) is 8.30. The molecule has 1 saturated heterocycles. The van der Waals surface area contributed by atoms with E-state index in [2.05, 4.69) is 22.5 Å². The first-order valence-electron chi connectivity index (χ1n) is 9.46. The monoisotopic (exact) mass is 438 g/mol. The van der Waals surface area contributed by atoms with Gasteiger partial charge in [0.15, 0.2) is 0 Å². The number of hydrogen-bond donors (Lipinski definition) is 0. The second-order valence-electron chi connectivity index (χ2n) is 7.03. The second-order valence-corrected chi connectivity index (χ2v) is 7.44. The van der Waals surface area contributed by atoms with Gasteiger partial charge in [0.2, 0.25) is 5.91 Å². The summed E-state index contributed by atoms with van der Waals surface area (Å²) in [5.41, 5.74) is 1.13. The molecule has 2 aromatic carbocycles. The standard InChI is InChI=1S/C23H17ClF2N4O/c1-3-15-12-29(7-8-30(15)22(31)4-2)23-18-10-19(24)17(11-21(18)27-13-28-23)16-6-5-14(25)9-20(16)26/h1,4-6,9-11,13,15H,2,7-8,12H2. The molecule has 0 aliphatic carbocycles. The van der Waals surface area contributed by atoms with Crippen molar-refractivity contribution in [1.29, 1.82) is 0 Å². The molecule has 156 valence electrons. The zero-order valence-electron chi connectivity index (χ0n) is 16.4. The van der Waals surface area contributed by atoms with Gasteiger partial charge >= 0.3 is 0 Å². The molecule has 1 fully saturated rings. The van der Waals surface area contributed by atoms with Gasteiger partial charge in [0.05, 0.1) is 12.1 Å². The van der Waals surface area contributed by atoms with Crippen molar-refractivity contribution < 1.29 is 13.6 Å². The molecule has 1 atom stereocenters. The number of benzene rings is 2. The van der Waals surface area contributed by atoms with Gasteiger partial charge in [0, 0.05) is 40.7 Å². The second kappa shape index (κ2) is 8.32. The van der Waals surface area contributed by atoms with Gasteiger partial charge in [-0.15, -0.1) is 6.42 Å². The van der Waals surface area contributed by atoms with E-state index in [1.807, 2.05) is 4.90 Å². The molecule has 1 aliphatic heterocycles. The smallest absolute Gasteiger partial charge is 0.247 e. The van der Waals surface area contributed by atoms with Crippen molar-refractivity contribution in [3.05, 3.63) is 66.0 Å². The third kappa shape index (κ3) is 3.82. The number of piperazine rings is 1. The number of fused-ring (bicyclic) bond motifs is 1. The molecule has 0 saturated carbocycles. The van der Waals surface area contributed by atoms with Crippen LogP contribution in [-0.4, -0.2) is 46.5 Å². The van der Waals surface area contributed by atoms with Gasteiger partial charge in [-0.2, -0.15) is 0 Å². The van der Waals surface area contributed by atoms with E-state index in [1.165, 1.54) is 24.5 Å². The molecule has 1 aliphatic rings. The Hall–Kier alpha value is -3.50. The van der Waals surface area contributed by atoms with Crippen LogP contribution in [0, 0.1) is 24.0 Å². The highest BCUT2D eigenvalue weighted by molar-refractivity contribution is 6.34. The van der Waals surface area contributed by atoms with E-state index in [1.54, 1.807) is 17.0 Å². The molecule has 0 N–H and O–H groups in total. The highest BCUT2D eigenvalue weighted by Gasteiger charge is 2.29. The van der Waals surface area contributed by atoms with E-state index >= 15 is 0 Å². The number of anilines is 1. The third-order valence-electron chi connectivity index (χ3n) is 5.25. The molecule has 0 radical (unpaired) electrons. The Bertz CT molecular complexity index is 1240. The fraction of sp³-hybridized carbons (Fsp3) is 0.174. The number of carbonyl (C=O) groups is 1. The number of amides is 1. The lowest BCUT2D eigenvalue weighted by atomic mass is 10.0. The van der Waals surface area contributed by atoms with Crippen LogP contribution >= 0.6 is 11.6 Å². The van der Waals surface area contributed by atoms with E-state index in [-0.39, 0.29) is 16.5 Å². The number of nitrogens with zero attached hydrogens (tertiary/aromatic N) is 4. The molecule has 1 amide bonds. The summed E-state index contributed by atoms with van der Waals surface area (Å²) in [4.78, 5) is 24.3. The summed E-state index contributed by atoms with van der Waals surface area (Å²) in [5.74, 6) is 1.66. The Morgan fingerprint density at radius 2 is 2.03 bits per heavy atom. The zero-order chi connectivity index (χ0) is 22.1. The van der Waals surface area contributed by atoms with Crippen molar-refractivity contribution in [3.63, 3.8) is 0 Å². The number of carbonyl (C=O) groups excluding carboxylic acids is 1. The highest BCUT2D eigenvalue weighted by atomic mass is 35.5. The van der Waals surface area contributed by atoms with Crippen molar-refractivity contribution in [2.24, 2.45) is 0 Å². The third-order valence-corrected chi connectivity index (χ3v) is 5.57. The van der Waals surface area contributed by atoms with E-state index in [4.69, 9.17) is 18.0 Å².